The zero-order valence-corrected chi connectivity index (χ0v) is 15.6. The van der Waals surface area contributed by atoms with Crippen LogP contribution in [0.15, 0.2) is 29.2 Å². The molecular formula is C15H6Cl3N3O4S. The molecular weight excluding hydrogens is 425 g/mol. The monoisotopic (exact) mass is 429 g/mol. The van der Waals surface area contributed by atoms with Gasteiger partial charge in [-0.25, -0.2) is 4.79 Å². The normalized spacial score (nSPS) is 13.0. The van der Waals surface area contributed by atoms with Gasteiger partial charge in [0.1, 0.15) is 4.70 Å². The Morgan fingerprint density at radius 3 is 2.65 bits per heavy atom. The first-order valence-corrected chi connectivity index (χ1v) is 9.16. The Bertz CT molecular complexity index is 1310. The first-order chi connectivity index (χ1) is 12.3. The van der Waals surface area contributed by atoms with Crippen LogP contribution in [0.2, 0.25) is 10.0 Å². The predicted molar refractivity (Wildman–Crippen MR) is 97.8 cm³/mol. The van der Waals surface area contributed by atoms with Gasteiger partial charge in [0, 0.05) is 11.9 Å². The summed E-state index contributed by atoms with van der Waals surface area (Å²) in [7, 11) is 0. The van der Waals surface area contributed by atoms with E-state index < -0.39 is 22.1 Å². The molecule has 0 N–H and O–H groups in total. The third-order valence-corrected chi connectivity index (χ3v) is 6.03. The van der Waals surface area contributed by atoms with Gasteiger partial charge in [0.25, 0.3) is 0 Å². The number of hydrogen-bond donors (Lipinski definition) is 0. The maximum absolute atomic E-state index is 13.0. The molecule has 11 heteroatoms. The number of rotatable bonds is 2. The summed E-state index contributed by atoms with van der Waals surface area (Å²) in [6.07, 6.45) is 1.13. The SMILES string of the molecule is O=c1/c(=C(\[O-])CCl)[n+]2cc([N+](=O)[O-])cc3sc4c(Cl)ccc(Cl)c4n1-c32. The number of aromatic nitrogens is 2. The fraction of sp³-hybridized carbons (Fsp3) is 0.0667. The smallest absolute Gasteiger partial charge is 0.385 e. The number of imidazole rings is 1. The highest BCUT2D eigenvalue weighted by atomic mass is 35.5. The van der Waals surface area contributed by atoms with Gasteiger partial charge in [-0.3, -0.25) is 10.1 Å². The molecule has 1 aromatic heterocycles. The van der Waals surface area contributed by atoms with Gasteiger partial charge in [-0.15, -0.1) is 27.5 Å². The lowest BCUT2D eigenvalue weighted by molar-refractivity contribution is -0.552. The van der Waals surface area contributed by atoms with Crippen LogP contribution in [0, 0.1) is 10.1 Å². The van der Waals surface area contributed by atoms with Crippen molar-refractivity contribution in [3.63, 3.8) is 0 Å². The Morgan fingerprint density at radius 2 is 2.00 bits per heavy atom. The second kappa shape index (κ2) is 5.95. The number of hydrogen-bond acceptors (Lipinski definition) is 5. The number of nitrogens with zero attached hydrogens (tertiary/aromatic N) is 3. The van der Waals surface area contributed by atoms with Crippen molar-refractivity contribution in [2.45, 2.75) is 0 Å². The molecule has 7 nitrogen and oxygen atoms in total. The maximum Gasteiger partial charge on any atom is 0.385 e. The van der Waals surface area contributed by atoms with Crippen LogP contribution in [-0.4, -0.2) is 15.4 Å². The number of benzene rings is 1. The molecule has 1 aromatic carbocycles. The highest BCUT2D eigenvalue weighted by Gasteiger charge is 2.33. The first kappa shape index (κ1) is 17.3. The average Bonchev–Trinajstić information content (AvgIpc) is 2.91. The lowest BCUT2D eigenvalue weighted by Gasteiger charge is -2.06. The van der Waals surface area contributed by atoms with E-state index in [9.17, 15) is 20.0 Å². The van der Waals surface area contributed by atoms with E-state index >= 15 is 0 Å². The minimum Gasteiger partial charge on any atom is -0.872 e. The largest absolute Gasteiger partial charge is 0.872 e. The summed E-state index contributed by atoms with van der Waals surface area (Å²) in [6.45, 7) is 0. The van der Waals surface area contributed by atoms with Gasteiger partial charge in [0.15, 0.2) is 11.7 Å². The first-order valence-electron chi connectivity index (χ1n) is 7.06. The molecule has 0 saturated carbocycles. The zero-order chi connectivity index (χ0) is 18.7. The summed E-state index contributed by atoms with van der Waals surface area (Å²) in [6, 6.07) is 4.44. The molecule has 0 saturated heterocycles. The molecule has 2 aromatic rings. The quantitative estimate of drug-likeness (QED) is 0.160. The van der Waals surface area contributed by atoms with E-state index in [1.54, 1.807) is 12.1 Å². The summed E-state index contributed by atoms with van der Waals surface area (Å²) >= 11 is 19.3. The number of halogens is 3. The van der Waals surface area contributed by atoms with Crippen molar-refractivity contribution in [2.24, 2.45) is 0 Å². The van der Waals surface area contributed by atoms with Crippen molar-refractivity contribution < 1.29 is 14.4 Å². The van der Waals surface area contributed by atoms with E-state index in [1.165, 1.54) is 15.0 Å². The average molecular weight is 431 g/mol. The standard InChI is InChI=1S/C15H6Cl3N3O4S/c16-4-9(22)12-15(23)20-11-7(17)1-2-8(18)13(11)26-10-3-6(21(24)25)5-19(12)14(10)20/h1-3,5H,4H2. The third-order valence-electron chi connectivity index (χ3n) is 3.91. The molecule has 2 aliphatic heterocycles. The van der Waals surface area contributed by atoms with Crippen LogP contribution in [0.3, 0.4) is 0 Å². The van der Waals surface area contributed by atoms with E-state index in [0.717, 1.165) is 17.5 Å². The molecule has 4 rings (SSSR count). The van der Waals surface area contributed by atoms with E-state index in [4.69, 9.17) is 34.8 Å². The number of pyridine rings is 1. The van der Waals surface area contributed by atoms with Crippen LogP contribution < -0.4 is 20.4 Å². The van der Waals surface area contributed by atoms with Crippen LogP contribution in [0.25, 0.3) is 26.5 Å². The number of alkyl halides is 1. The predicted octanol–water partition coefficient (Wildman–Crippen LogP) is 1.87. The molecule has 2 aliphatic rings. The minimum atomic E-state index is -0.664. The molecule has 132 valence electrons. The second-order valence-corrected chi connectivity index (χ2v) is 7.50. The summed E-state index contributed by atoms with van der Waals surface area (Å²) in [5.74, 6) is -0.790. The molecule has 0 spiro atoms. The molecule has 0 aliphatic carbocycles. The zero-order valence-electron chi connectivity index (χ0n) is 12.5. The van der Waals surface area contributed by atoms with Crippen molar-refractivity contribution >= 4 is 72.5 Å². The van der Waals surface area contributed by atoms with Gasteiger partial charge < -0.3 is 5.11 Å². The van der Waals surface area contributed by atoms with Crippen LogP contribution in [0.5, 0.6) is 0 Å². The molecule has 0 unspecified atom stereocenters. The molecule has 0 radical (unpaired) electrons. The van der Waals surface area contributed by atoms with Gasteiger partial charge in [0.2, 0.25) is 5.35 Å². The second-order valence-electron chi connectivity index (χ2n) is 5.37. The third kappa shape index (κ3) is 2.26. The number of nitro groups is 1. The molecule has 3 heterocycles. The van der Waals surface area contributed by atoms with Gasteiger partial charge >= 0.3 is 17.1 Å². The van der Waals surface area contributed by atoms with Crippen LogP contribution in [0.4, 0.5) is 5.69 Å². The van der Waals surface area contributed by atoms with E-state index in [-0.39, 0.29) is 16.1 Å². The molecule has 0 atom stereocenters. The minimum absolute atomic E-state index is 0.264. The highest BCUT2D eigenvalue weighted by Crippen LogP contribution is 2.37. The van der Waals surface area contributed by atoms with Crippen LogP contribution in [-0.2, 0) is 0 Å². The van der Waals surface area contributed by atoms with Crippen molar-refractivity contribution in [3.05, 3.63) is 60.3 Å². The maximum atomic E-state index is 13.0. The summed E-state index contributed by atoms with van der Waals surface area (Å²) in [5, 5.41) is 23.9. The Kier molecular flexibility index (Phi) is 3.96. The van der Waals surface area contributed by atoms with Crippen molar-refractivity contribution in [1.29, 1.82) is 0 Å². The topological polar surface area (TPSA) is 92.3 Å². The van der Waals surface area contributed by atoms with Gasteiger partial charge in [-0.2, -0.15) is 4.40 Å². The van der Waals surface area contributed by atoms with Crippen molar-refractivity contribution in [3.8, 4) is 5.82 Å². The molecule has 0 amide bonds. The van der Waals surface area contributed by atoms with Crippen LogP contribution in [0.1, 0.15) is 0 Å². The van der Waals surface area contributed by atoms with Gasteiger partial charge in [-0.05, 0) is 12.1 Å². The van der Waals surface area contributed by atoms with Crippen LogP contribution >= 0.6 is 46.1 Å². The fourth-order valence-electron chi connectivity index (χ4n) is 2.88. The fourth-order valence-corrected chi connectivity index (χ4v) is 4.72. The highest BCUT2D eigenvalue weighted by molar-refractivity contribution is 7.24. The van der Waals surface area contributed by atoms with E-state index in [0.29, 0.717) is 25.8 Å². The summed E-state index contributed by atoms with van der Waals surface area (Å²) in [4.78, 5) is 23.7. The van der Waals surface area contributed by atoms with Crippen molar-refractivity contribution in [2.75, 3.05) is 5.88 Å². The van der Waals surface area contributed by atoms with Gasteiger partial charge in [-0.1, -0.05) is 29.0 Å². The van der Waals surface area contributed by atoms with Gasteiger partial charge in [0.05, 0.1) is 19.7 Å². The van der Waals surface area contributed by atoms with E-state index in [2.05, 4.69) is 0 Å². The summed E-state index contributed by atoms with van der Waals surface area (Å²) in [5.41, 5.74) is -0.600. The molecule has 0 bridgehead atoms. The Balaban J connectivity index is 2.44. The Morgan fingerprint density at radius 1 is 1.31 bits per heavy atom. The van der Waals surface area contributed by atoms with Crippen molar-refractivity contribution in [1.82, 2.24) is 4.57 Å². The molecule has 26 heavy (non-hydrogen) atoms. The lowest BCUT2D eigenvalue weighted by atomic mass is 10.3. The molecule has 0 fully saturated rings. The Labute approximate surface area is 163 Å². The number of fused-ring (bicyclic) bond motifs is 2. The van der Waals surface area contributed by atoms with E-state index in [1.807, 2.05) is 0 Å². The lowest BCUT2D eigenvalue weighted by Crippen LogP contribution is -2.47. The summed E-state index contributed by atoms with van der Waals surface area (Å²) < 4.78 is 3.33. The Hall–Kier alpha value is -2.13.